The smallest absolute Gasteiger partial charge is 0.762 e. The zero-order chi connectivity index (χ0) is 52.5. The predicted octanol–water partition coefficient (Wildman–Crippen LogP) is 8.06. The fourth-order valence-corrected chi connectivity index (χ4v) is 10.3. The number of rotatable bonds is 6. The third kappa shape index (κ3) is 16.4. The van der Waals surface area contributed by atoms with E-state index < -0.39 is 15.1 Å². The third-order valence-electron chi connectivity index (χ3n) is 13.3. The van der Waals surface area contributed by atoms with E-state index in [1.165, 1.54) is 120 Å². The van der Waals surface area contributed by atoms with Crippen molar-refractivity contribution in [1.29, 1.82) is 0 Å². The molecule has 77 heavy (non-hydrogen) atoms. The first-order valence-corrected chi connectivity index (χ1v) is 25.4. The van der Waals surface area contributed by atoms with Gasteiger partial charge >= 0.3 is 26.6 Å². The number of halogens is 8. The second kappa shape index (κ2) is 28.9. The SMILES string of the molecule is C(C=c1cc2c3c(c1)CCC[N+]=3CCC2)=C1C=C(c2ccccc2)C=C(c2ccccc2)O1.Cc1cc(-c2ccccc2)cc(-c2ccccc2)[o+]1.FB(F)F.FB(F)F.O=Cc1cc2c3c(c1)CCCN3CCC2.[F-].[F-]. The third-order valence-corrected chi connectivity index (χ3v) is 13.3. The van der Waals surface area contributed by atoms with Gasteiger partial charge < -0.3 is 19.0 Å². The Balaban J connectivity index is 0.000000185. The molecule has 0 fully saturated rings. The summed E-state index contributed by atoms with van der Waals surface area (Å²) in [6.07, 6.45) is 19.2. The van der Waals surface area contributed by atoms with Crippen LogP contribution in [0.2, 0.25) is 0 Å². The molecule has 0 saturated heterocycles. The molecular weight excluding hydrogens is 994 g/mol. The minimum atomic E-state index is -3.67. The minimum absolute atomic E-state index is 0. The van der Waals surface area contributed by atoms with Crippen molar-refractivity contribution in [2.24, 2.45) is 0 Å². The van der Waals surface area contributed by atoms with Crippen LogP contribution in [-0.4, -0.2) is 47.6 Å². The quantitative estimate of drug-likeness (QED) is 0.0557. The monoisotopic (exact) mass is 1050 g/mol. The average molecular weight is 1050 g/mol. The van der Waals surface area contributed by atoms with Crippen LogP contribution in [0, 0.1) is 6.92 Å². The summed E-state index contributed by atoms with van der Waals surface area (Å²) in [6, 6.07) is 54.5. The number of nitrogens with zero attached hydrogens (tertiary/aromatic N) is 2. The molecule has 6 aromatic carbocycles. The van der Waals surface area contributed by atoms with Crippen LogP contribution in [0.4, 0.5) is 31.6 Å². The van der Waals surface area contributed by atoms with E-state index in [2.05, 4.69) is 161 Å². The van der Waals surface area contributed by atoms with Crippen molar-refractivity contribution in [3.63, 3.8) is 0 Å². The van der Waals surface area contributed by atoms with Crippen molar-refractivity contribution >= 4 is 44.5 Å². The van der Waals surface area contributed by atoms with E-state index in [0.717, 1.165) is 64.4 Å². The molecule has 0 unspecified atom stereocenters. The number of hydrogen-bond donors (Lipinski definition) is 0. The number of hydrogen-bond acceptors (Lipinski definition) is 3. The van der Waals surface area contributed by atoms with Gasteiger partial charge in [-0.3, -0.25) is 30.7 Å². The van der Waals surface area contributed by atoms with Gasteiger partial charge in [-0.15, -0.1) is 0 Å². The van der Waals surface area contributed by atoms with Gasteiger partial charge in [0.2, 0.25) is 5.36 Å². The first-order valence-electron chi connectivity index (χ1n) is 25.4. The highest BCUT2D eigenvalue weighted by Gasteiger charge is 2.25. The molecule has 15 heteroatoms. The van der Waals surface area contributed by atoms with Crippen LogP contribution in [0.3, 0.4) is 0 Å². The van der Waals surface area contributed by atoms with Crippen molar-refractivity contribution < 1.29 is 49.3 Å². The Morgan fingerprint density at radius 1 is 0.545 bits per heavy atom. The summed E-state index contributed by atoms with van der Waals surface area (Å²) in [5.41, 5.74) is 15.0. The average Bonchev–Trinajstić information content (AvgIpc) is 3.43. The lowest BCUT2D eigenvalue weighted by atomic mass is 9.90. The number of carbonyl (C=O) groups excluding carboxylic acids is 1. The van der Waals surface area contributed by atoms with Gasteiger partial charge in [-0.05, 0) is 126 Å². The van der Waals surface area contributed by atoms with Crippen LogP contribution < -0.4 is 29.5 Å². The predicted molar refractivity (Wildman–Crippen MR) is 293 cm³/mol. The number of carbonyl (C=O) groups is 1. The van der Waals surface area contributed by atoms with Gasteiger partial charge in [0.15, 0.2) is 0 Å². The molecule has 5 aliphatic rings. The molecule has 7 aromatic rings. The maximum absolute atomic E-state index is 10.8. The number of benzene rings is 6. The minimum Gasteiger partial charge on any atom is -1.00 e. The zero-order valence-corrected chi connectivity index (χ0v) is 42.7. The van der Waals surface area contributed by atoms with Gasteiger partial charge in [-0.1, -0.05) is 115 Å². The van der Waals surface area contributed by atoms with Gasteiger partial charge in [-0.2, -0.15) is 0 Å². The highest BCUT2D eigenvalue weighted by Crippen LogP contribution is 2.36. The Kier molecular flexibility index (Phi) is 22.0. The van der Waals surface area contributed by atoms with Crippen molar-refractivity contribution in [2.75, 3.05) is 31.1 Å². The van der Waals surface area contributed by atoms with Crippen molar-refractivity contribution in [3.05, 3.63) is 237 Å². The second-order valence-corrected chi connectivity index (χ2v) is 18.6. The topological polar surface area (TPSA) is 43.9 Å². The summed E-state index contributed by atoms with van der Waals surface area (Å²) >= 11 is 0. The first kappa shape index (κ1) is 58.5. The molecule has 0 spiro atoms. The van der Waals surface area contributed by atoms with Crippen LogP contribution >= 0.6 is 0 Å². The maximum Gasteiger partial charge on any atom is 0.762 e. The van der Waals surface area contributed by atoms with Gasteiger partial charge in [0.1, 0.15) is 30.9 Å². The number of anilines is 1. The van der Waals surface area contributed by atoms with Gasteiger partial charge in [-0.25, -0.2) is 8.99 Å². The van der Waals surface area contributed by atoms with Crippen LogP contribution in [0.25, 0.3) is 39.9 Å². The number of allylic oxidation sites excluding steroid dienone is 4. The lowest BCUT2D eigenvalue weighted by Gasteiger charge is -2.37. The first-order chi connectivity index (χ1) is 36.5. The summed E-state index contributed by atoms with van der Waals surface area (Å²) in [5.74, 6) is 3.57. The lowest BCUT2D eigenvalue weighted by molar-refractivity contribution is -0.00100. The highest BCUT2D eigenvalue weighted by molar-refractivity contribution is 6.33. The summed E-state index contributed by atoms with van der Waals surface area (Å²) in [6.45, 7) is 6.80. The number of aryl methyl sites for hydroxylation is 5. The van der Waals surface area contributed by atoms with Crippen LogP contribution in [0.15, 0.2) is 186 Å². The van der Waals surface area contributed by atoms with Crippen molar-refractivity contribution in [1.82, 2.24) is 4.58 Å². The molecule has 396 valence electrons. The Morgan fingerprint density at radius 3 is 1.55 bits per heavy atom. The van der Waals surface area contributed by atoms with E-state index in [1.807, 2.05) is 37.3 Å². The standard InChI is InChI=1S/C31H28NO.C18H15O.C13H15NO.2BF3.2FH/c1-3-9-24(10-4-1)28-21-29(33-30(22-28)25-11-5-2-6-12-25)16-15-23-19-26-13-7-17-32-18-8-14-27(20-23)31(26)32;1-14-12-17(15-8-4-2-5-9-15)13-18(19-14)16-10-6-3-7-11-16;15-9-10-7-11-3-1-5-14-6-2-4-12(8-10)13(11)14;2*2-1(3)4;;/h1-6,9-12,15-16,19-22H,7-8,13-14,17-18H2;2-13H,1H3;7-9H,1-6H2;;;2*1H/q2*+1;;;;;/p-2. The number of aldehydes is 1. The largest absolute Gasteiger partial charge is 1.00 e. The molecule has 0 N–H and O–H groups in total. The van der Waals surface area contributed by atoms with E-state index in [-0.39, 0.29) is 9.41 Å². The van der Waals surface area contributed by atoms with Gasteiger partial charge in [0, 0.05) is 65.5 Å². The fourth-order valence-electron chi connectivity index (χ4n) is 10.3. The van der Waals surface area contributed by atoms with Gasteiger partial charge in [0.25, 0.3) is 0 Å². The molecule has 0 bridgehead atoms. The van der Waals surface area contributed by atoms with Gasteiger partial charge in [0.05, 0.1) is 18.6 Å². The molecule has 0 atom stereocenters. The molecule has 5 nitrogen and oxygen atoms in total. The molecule has 6 heterocycles. The molecule has 5 aliphatic heterocycles. The summed E-state index contributed by atoms with van der Waals surface area (Å²) in [7, 11) is -7.33. The zero-order valence-electron chi connectivity index (χ0n) is 42.7. The summed E-state index contributed by atoms with van der Waals surface area (Å²) in [4.78, 5) is 13.3. The second-order valence-electron chi connectivity index (χ2n) is 18.6. The lowest BCUT2D eigenvalue weighted by Crippen LogP contribution is -3.00. The number of ether oxygens (including phenoxy) is 1. The molecule has 0 radical (unpaired) electrons. The normalized spacial score (nSPS) is 14.7. The molecule has 0 aliphatic carbocycles. The van der Waals surface area contributed by atoms with E-state index >= 15 is 0 Å². The Morgan fingerprint density at radius 2 is 1.03 bits per heavy atom. The van der Waals surface area contributed by atoms with Crippen LogP contribution in [-0.2, 0) is 30.4 Å². The van der Waals surface area contributed by atoms with E-state index in [4.69, 9.17) is 9.15 Å². The molecule has 0 saturated carbocycles. The van der Waals surface area contributed by atoms with Crippen molar-refractivity contribution in [3.8, 4) is 22.5 Å². The maximum atomic E-state index is 10.8. The van der Waals surface area contributed by atoms with E-state index in [0.29, 0.717) is 0 Å². The molecule has 1 aromatic heterocycles. The Labute approximate surface area is 445 Å². The summed E-state index contributed by atoms with van der Waals surface area (Å²) in [5, 5.41) is 2.79. The Hall–Kier alpha value is -7.80. The summed E-state index contributed by atoms with van der Waals surface area (Å²) < 4.78 is 72.8. The van der Waals surface area contributed by atoms with Crippen LogP contribution in [0.1, 0.15) is 75.2 Å². The fraction of sp³-hybridized carbons (Fsp3) is 0.210. The molecule has 0 amide bonds. The van der Waals surface area contributed by atoms with E-state index in [9.17, 15) is 30.7 Å². The Bertz CT molecular complexity index is 3130. The molecular formula is C62H58B2F8N2O3. The van der Waals surface area contributed by atoms with E-state index in [1.54, 1.807) is 0 Å². The highest BCUT2D eigenvalue weighted by atomic mass is 19.4. The van der Waals surface area contributed by atoms with Crippen LogP contribution in [0.5, 0.6) is 0 Å². The van der Waals surface area contributed by atoms with Crippen molar-refractivity contribution in [2.45, 2.75) is 58.3 Å². The molecule has 12 rings (SSSR count).